The lowest BCUT2D eigenvalue weighted by Crippen LogP contribution is -2.12. The van der Waals surface area contributed by atoms with Crippen molar-refractivity contribution in [3.8, 4) is 11.8 Å². The number of amides is 1. The number of anilines is 2. The van der Waals surface area contributed by atoms with Gasteiger partial charge in [-0.25, -0.2) is 4.68 Å². The number of nitrogens with two attached hydrogens (primary N) is 1. The van der Waals surface area contributed by atoms with Gasteiger partial charge >= 0.3 is 0 Å². The quantitative estimate of drug-likeness (QED) is 0.726. The molecule has 25 heavy (non-hydrogen) atoms. The van der Waals surface area contributed by atoms with Crippen LogP contribution < -0.4 is 11.1 Å². The molecular formula is C17H11Cl2N5O. The SMILES string of the molecule is N#Cc1ccc(Nc2nn(-c3c(Cl)cccc3Cl)cc2C(N)=O)cc1. The van der Waals surface area contributed by atoms with Gasteiger partial charge in [-0.1, -0.05) is 29.3 Å². The van der Waals surface area contributed by atoms with Crippen molar-refractivity contribution in [3.05, 3.63) is 69.8 Å². The van der Waals surface area contributed by atoms with Crippen LogP contribution in [-0.2, 0) is 0 Å². The average Bonchev–Trinajstić information content (AvgIpc) is 2.99. The molecule has 6 nitrogen and oxygen atoms in total. The third kappa shape index (κ3) is 3.43. The Morgan fingerprint density at radius 2 is 1.80 bits per heavy atom. The van der Waals surface area contributed by atoms with E-state index in [9.17, 15) is 4.79 Å². The first-order chi connectivity index (χ1) is 12.0. The number of nitrogens with one attached hydrogen (secondary N) is 1. The summed E-state index contributed by atoms with van der Waals surface area (Å²) in [5.41, 5.74) is 7.24. The number of primary amides is 1. The van der Waals surface area contributed by atoms with Gasteiger partial charge in [-0.05, 0) is 36.4 Å². The minimum Gasteiger partial charge on any atom is -0.365 e. The average molecular weight is 372 g/mol. The molecule has 1 heterocycles. The van der Waals surface area contributed by atoms with Crippen LogP contribution in [0.2, 0.25) is 10.0 Å². The van der Waals surface area contributed by atoms with Crippen LogP contribution in [0.3, 0.4) is 0 Å². The van der Waals surface area contributed by atoms with E-state index >= 15 is 0 Å². The molecule has 3 N–H and O–H groups in total. The lowest BCUT2D eigenvalue weighted by molar-refractivity contribution is 0.100. The summed E-state index contributed by atoms with van der Waals surface area (Å²) in [5, 5.41) is 17.0. The first kappa shape index (κ1) is 16.8. The molecule has 1 amide bonds. The zero-order valence-corrected chi connectivity index (χ0v) is 14.2. The van der Waals surface area contributed by atoms with Gasteiger partial charge in [0.15, 0.2) is 5.82 Å². The summed E-state index contributed by atoms with van der Waals surface area (Å²) in [6.45, 7) is 0. The molecule has 0 aliphatic rings. The molecule has 0 aliphatic carbocycles. The van der Waals surface area contributed by atoms with E-state index in [2.05, 4.69) is 10.4 Å². The molecule has 0 radical (unpaired) electrons. The third-order valence-electron chi connectivity index (χ3n) is 3.42. The van der Waals surface area contributed by atoms with E-state index in [0.29, 0.717) is 27.0 Å². The highest BCUT2D eigenvalue weighted by atomic mass is 35.5. The first-order valence-corrected chi connectivity index (χ1v) is 7.86. The number of carbonyl (C=O) groups is 1. The van der Waals surface area contributed by atoms with Crippen LogP contribution in [0.25, 0.3) is 5.69 Å². The molecule has 0 atom stereocenters. The van der Waals surface area contributed by atoms with Gasteiger partial charge in [-0.3, -0.25) is 4.79 Å². The van der Waals surface area contributed by atoms with Crippen molar-refractivity contribution >= 4 is 40.6 Å². The van der Waals surface area contributed by atoms with E-state index in [4.69, 9.17) is 34.2 Å². The summed E-state index contributed by atoms with van der Waals surface area (Å²) in [6.07, 6.45) is 1.46. The Morgan fingerprint density at radius 1 is 1.16 bits per heavy atom. The van der Waals surface area contributed by atoms with Crippen molar-refractivity contribution < 1.29 is 4.79 Å². The van der Waals surface area contributed by atoms with E-state index in [1.165, 1.54) is 10.9 Å². The fourth-order valence-electron chi connectivity index (χ4n) is 2.23. The lowest BCUT2D eigenvalue weighted by atomic mass is 10.2. The number of para-hydroxylation sites is 1. The monoisotopic (exact) mass is 371 g/mol. The van der Waals surface area contributed by atoms with Crippen molar-refractivity contribution in [2.24, 2.45) is 5.73 Å². The maximum atomic E-state index is 11.7. The first-order valence-electron chi connectivity index (χ1n) is 7.10. The molecule has 0 bridgehead atoms. The van der Waals surface area contributed by atoms with Crippen molar-refractivity contribution in [1.29, 1.82) is 5.26 Å². The van der Waals surface area contributed by atoms with Crippen LogP contribution in [0, 0.1) is 11.3 Å². The van der Waals surface area contributed by atoms with Crippen molar-refractivity contribution in [2.45, 2.75) is 0 Å². The molecule has 124 valence electrons. The van der Waals surface area contributed by atoms with Gasteiger partial charge in [0.05, 0.1) is 21.7 Å². The summed E-state index contributed by atoms with van der Waals surface area (Å²) in [7, 11) is 0. The second-order valence-corrected chi connectivity index (χ2v) is 5.90. The fraction of sp³-hybridized carbons (Fsp3) is 0. The Bertz CT molecular complexity index is 969. The number of halogens is 2. The minimum atomic E-state index is -0.648. The predicted molar refractivity (Wildman–Crippen MR) is 96.5 cm³/mol. The molecule has 3 aromatic rings. The maximum Gasteiger partial charge on any atom is 0.254 e. The molecule has 1 aromatic heterocycles. The molecule has 8 heteroatoms. The van der Waals surface area contributed by atoms with Crippen molar-refractivity contribution in [2.75, 3.05) is 5.32 Å². The van der Waals surface area contributed by atoms with Gasteiger partial charge in [0.25, 0.3) is 5.91 Å². The summed E-state index contributed by atoms with van der Waals surface area (Å²) >= 11 is 12.4. The Hall–Kier alpha value is -3.01. The number of nitriles is 1. The summed E-state index contributed by atoms with van der Waals surface area (Å²) in [5.74, 6) is -0.390. The molecule has 0 saturated carbocycles. The van der Waals surface area contributed by atoms with Crippen molar-refractivity contribution in [3.63, 3.8) is 0 Å². The van der Waals surface area contributed by atoms with Crippen molar-refractivity contribution in [1.82, 2.24) is 9.78 Å². The second kappa shape index (κ2) is 6.85. The van der Waals surface area contributed by atoms with Crippen LogP contribution in [-0.4, -0.2) is 15.7 Å². The molecule has 0 fully saturated rings. The molecule has 3 rings (SSSR count). The highest BCUT2D eigenvalue weighted by molar-refractivity contribution is 6.37. The van der Waals surface area contributed by atoms with Crippen LogP contribution in [0.1, 0.15) is 15.9 Å². The zero-order valence-electron chi connectivity index (χ0n) is 12.7. The number of nitrogens with zero attached hydrogens (tertiary/aromatic N) is 3. The largest absolute Gasteiger partial charge is 0.365 e. The smallest absolute Gasteiger partial charge is 0.254 e. The molecular weight excluding hydrogens is 361 g/mol. The van der Waals surface area contributed by atoms with E-state index in [1.54, 1.807) is 42.5 Å². The Morgan fingerprint density at radius 3 is 2.36 bits per heavy atom. The Kier molecular flexibility index (Phi) is 4.61. The third-order valence-corrected chi connectivity index (χ3v) is 4.03. The Labute approximate surface area is 153 Å². The molecule has 2 aromatic carbocycles. The number of aromatic nitrogens is 2. The van der Waals surface area contributed by atoms with Crippen LogP contribution in [0.15, 0.2) is 48.7 Å². The standard InChI is InChI=1S/C17H11Cl2N5O/c18-13-2-1-3-14(19)15(13)24-9-12(16(21)25)17(23-24)22-11-6-4-10(8-20)5-7-11/h1-7,9H,(H2,21,25)(H,22,23). The van der Waals surface area contributed by atoms with Gasteiger partial charge in [-0.2, -0.15) is 5.26 Å². The topological polar surface area (TPSA) is 96.7 Å². The predicted octanol–water partition coefficient (Wildman–Crippen LogP) is 3.89. The number of hydrogen-bond acceptors (Lipinski definition) is 4. The van der Waals surface area contributed by atoms with Gasteiger partial charge in [0.2, 0.25) is 0 Å². The van der Waals surface area contributed by atoms with E-state index < -0.39 is 5.91 Å². The van der Waals surface area contributed by atoms with E-state index in [-0.39, 0.29) is 11.4 Å². The maximum absolute atomic E-state index is 11.7. The number of benzene rings is 2. The number of carbonyl (C=O) groups excluding carboxylic acids is 1. The highest BCUT2D eigenvalue weighted by Gasteiger charge is 2.17. The molecule has 0 saturated heterocycles. The van der Waals surface area contributed by atoms with Crippen LogP contribution in [0.4, 0.5) is 11.5 Å². The van der Waals surface area contributed by atoms with E-state index in [0.717, 1.165) is 0 Å². The number of rotatable bonds is 4. The van der Waals surface area contributed by atoms with Gasteiger partial charge in [0, 0.05) is 11.9 Å². The lowest BCUT2D eigenvalue weighted by Gasteiger charge is -2.07. The van der Waals surface area contributed by atoms with Crippen LogP contribution in [0.5, 0.6) is 0 Å². The molecule has 0 unspecified atom stereocenters. The van der Waals surface area contributed by atoms with Gasteiger partial charge in [0.1, 0.15) is 11.3 Å². The second-order valence-electron chi connectivity index (χ2n) is 5.08. The fourth-order valence-corrected chi connectivity index (χ4v) is 2.80. The summed E-state index contributed by atoms with van der Waals surface area (Å²) < 4.78 is 1.40. The van der Waals surface area contributed by atoms with E-state index in [1.807, 2.05) is 6.07 Å². The highest BCUT2D eigenvalue weighted by Crippen LogP contribution is 2.30. The molecule has 0 aliphatic heterocycles. The van der Waals surface area contributed by atoms with Crippen LogP contribution >= 0.6 is 23.2 Å². The number of hydrogen-bond donors (Lipinski definition) is 2. The Balaban J connectivity index is 2.03. The summed E-state index contributed by atoms with van der Waals surface area (Å²) in [4.78, 5) is 11.7. The van der Waals surface area contributed by atoms with Gasteiger partial charge < -0.3 is 11.1 Å². The van der Waals surface area contributed by atoms with Gasteiger partial charge in [-0.15, -0.1) is 5.10 Å². The normalized spacial score (nSPS) is 10.3. The summed E-state index contributed by atoms with van der Waals surface area (Å²) in [6, 6.07) is 13.8. The minimum absolute atomic E-state index is 0.181. The molecule has 0 spiro atoms. The zero-order chi connectivity index (χ0) is 18.0.